The number of benzene rings is 1. The second kappa shape index (κ2) is 5.75. The minimum absolute atomic E-state index is 1.12. The normalized spacial score (nSPS) is 20.2. The van der Waals surface area contributed by atoms with Crippen LogP contribution in [0.1, 0.15) is 36.8 Å². The van der Waals surface area contributed by atoms with Gasteiger partial charge >= 0.3 is 0 Å². The van der Waals surface area contributed by atoms with Crippen LogP contribution in [0.3, 0.4) is 0 Å². The van der Waals surface area contributed by atoms with Crippen LogP contribution in [-0.2, 0) is 12.8 Å². The summed E-state index contributed by atoms with van der Waals surface area (Å²) in [6.45, 7) is 4.98. The van der Waals surface area contributed by atoms with Crippen molar-refractivity contribution in [3.8, 4) is 0 Å². The summed E-state index contributed by atoms with van der Waals surface area (Å²) in [5.41, 5.74) is 4.39. The summed E-state index contributed by atoms with van der Waals surface area (Å²) in [4.78, 5) is 2.65. The Kier molecular flexibility index (Phi) is 3.84. The highest BCUT2D eigenvalue weighted by atomic mass is 15.1. The minimum Gasteiger partial charge on any atom is -0.384 e. The van der Waals surface area contributed by atoms with E-state index < -0.39 is 0 Å². The standard InChI is InChI=1S/C16H24N2/c1-2-4-11-18(10-3-1)12-8-14-5-6-16-15(13-14)7-9-17-16/h5-6,13,17H,1-4,7-12H2. The Morgan fingerprint density at radius 1 is 1.06 bits per heavy atom. The van der Waals surface area contributed by atoms with E-state index in [2.05, 4.69) is 28.4 Å². The first-order valence-electron chi connectivity index (χ1n) is 7.50. The van der Waals surface area contributed by atoms with Gasteiger partial charge in [-0.1, -0.05) is 25.0 Å². The fourth-order valence-electron chi connectivity index (χ4n) is 3.16. The molecule has 1 aromatic carbocycles. The predicted molar refractivity (Wildman–Crippen MR) is 77.2 cm³/mol. The molecule has 2 aliphatic rings. The van der Waals surface area contributed by atoms with Crippen LogP contribution in [-0.4, -0.2) is 31.1 Å². The van der Waals surface area contributed by atoms with E-state index in [0.29, 0.717) is 0 Å². The Bertz CT molecular complexity index is 392. The molecular formula is C16H24N2. The lowest BCUT2D eigenvalue weighted by Gasteiger charge is -2.19. The van der Waals surface area contributed by atoms with Gasteiger partial charge in [0.1, 0.15) is 0 Å². The number of rotatable bonds is 3. The molecule has 0 aliphatic carbocycles. The topological polar surface area (TPSA) is 15.3 Å². The van der Waals surface area contributed by atoms with E-state index in [0.717, 1.165) is 6.54 Å². The van der Waals surface area contributed by atoms with Gasteiger partial charge in [0.05, 0.1) is 0 Å². The highest BCUT2D eigenvalue weighted by Gasteiger charge is 2.11. The van der Waals surface area contributed by atoms with Crippen LogP contribution in [0.5, 0.6) is 0 Å². The summed E-state index contributed by atoms with van der Waals surface area (Å²) in [6, 6.07) is 6.97. The molecule has 0 aromatic heterocycles. The number of nitrogens with zero attached hydrogens (tertiary/aromatic N) is 1. The van der Waals surface area contributed by atoms with Crippen LogP contribution in [0.25, 0.3) is 0 Å². The average molecular weight is 244 g/mol. The zero-order valence-electron chi connectivity index (χ0n) is 11.3. The lowest BCUT2D eigenvalue weighted by molar-refractivity contribution is 0.289. The smallest absolute Gasteiger partial charge is 0.0373 e. The number of hydrogen-bond acceptors (Lipinski definition) is 2. The minimum atomic E-state index is 1.12. The molecule has 0 atom stereocenters. The molecule has 0 bridgehead atoms. The Hall–Kier alpha value is -1.02. The van der Waals surface area contributed by atoms with Gasteiger partial charge in [0.15, 0.2) is 0 Å². The highest BCUT2D eigenvalue weighted by molar-refractivity contribution is 5.56. The molecule has 2 aliphatic heterocycles. The van der Waals surface area contributed by atoms with E-state index in [4.69, 9.17) is 0 Å². The van der Waals surface area contributed by atoms with Crippen molar-refractivity contribution in [3.05, 3.63) is 29.3 Å². The van der Waals surface area contributed by atoms with Crippen LogP contribution in [0, 0.1) is 0 Å². The highest BCUT2D eigenvalue weighted by Crippen LogP contribution is 2.23. The summed E-state index contributed by atoms with van der Waals surface area (Å²) in [5, 5.41) is 3.43. The molecule has 98 valence electrons. The van der Waals surface area contributed by atoms with E-state index in [1.54, 1.807) is 0 Å². The van der Waals surface area contributed by atoms with Gasteiger partial charge < -0.3 is 10.2 Å². The number of hydrogen-bond donors (Lipinski definition) is 1. The molecule has 1 saturated heterocycles. The van der Waals surface area contributed by atoms with Gasteiger partial charge in [-0.2, -0.15) is 0 Å². The van der Waals surface area contributed by atoms with E-state index in [-0.39, 0.29) is 0 Å². The third kappa shape index (κ3) is 2.86. The molecule has 1 aromatic rings. The van der Waals surface area contributed by atoms with Crippen LogP contribution in [0.4, 0.5) is 5.69 Å². The molecule has 0 saturated carbocycles. The maximum Gasteiger partial charge on any atom is 0.0373 e. The van der Waals surface area contributed by atoms with E-state index in [9.17, 15) is 0 Å². The van der Waals surface area contributed by atoms with Crippen LogP contribution < -0.4 is 5.32 Å². The molecule has 0 unspecified atom stereocenters. The molecule has 2 heterocycles. The number of anilines is 1. The molecule has 3 rings (SSSR count). The Balaban J connectivity index is 1.56. The fourth-order valence-corrected chi connectivity index (χ4v) is 3.16. The van der Waals surface area contributed by atoms with Gasteiger partial charge in [0, 0.05) is 18.8 Å². The number of likely N-dealkylation sites (tertiary alicyclic amines) is 1. The third-order valence-corrected chi connectivity index (χ3v) is 4.29. The van der Waals surface area contributed by atoms with Crippen LogP contribution in [0.2, 0.25) is 0 Å². The number of nitrogens with one attached hydrogen (secondary N) is 1. The maximum atomic E-state index is 3.43. The SMILES string of the molecule is c1cc2c(cc1CCN1CCCCCC1)CCN2. The fraction of sp³-hybridized carbons (Fsp3) is 0.625. The molecule has 18 heavy (non-hydrogen) atoms. The summed E-state index contributed by atoms with van der Waals surface area (Å²) in [5.74, 6) is 0. The van der Waals surface area contributed by atoms with Crippen molar-refractivity contribution in [3.63, 3.8) is 0 Å². The van der Waals surface area contributed by atoms with E-state index >= 15 is 0 Å². The molecule has 2 nitrogen and oxygen atoms in total. The summed E-state index contributed by atoms with van der Waals surface area (Å²) < 4.78 is 0. The van der Waals surface area contributed by atoms with Gasteiger partial charge in [-0.15, -0.1) is 0 Å². The average Bonchev–Trinajstić information content (AvgIpc) is 2.70. The Morgan fingerprint density at radius 2 is 1.89 bits per heavy atom. The van der Waals surface area contributed by atoms with Crippen molar-refractivity contribution in [1.29, 1.82) is 0 Å². The quantitative estimate of drug-likeness (QED) is 0.879. The summed E-state index contributed by atoms with van der Waals surface area (Å²) >= 11 is 0. The molecule has 0 amide bonds. The van der Waals surface area contributed by atoms with Crippen LogP contribution in [0.15, 0.2) is 18.2 Å². The largest absolute Gasteiger partial charge is 0.384 e. The van der Waals surface area contributed by atoms with Gasteiger partial charge in [0.2, 0.25) is 0 Å². The maximum absolute atomic E-state index is 3.43. The molecular weight excluding hydrogens is 220 g/mol. The van der Waals surface area contributed by atoms with Crippen molar-refractivity contribution in [1.82, 2.24) is 4.90 Å². The molecule has 0 radical (unpaired) electrons. The van der Waals surface area contributed by atoms with Crippen LogP contribution >= 0.6 is 0 Å². The van der Waals surface area contributed by atoms with Crippen molar-refractivity contribution < 1.29 is 0 Å². The first kappa shape index (κ1) is 12.0. The third-order valence-electron chi connectivity index (χ3n) is 4.29. The molecule has 2 heteroatoms. The lowest BCUT2D eigenvalue weighted by atomic mass is 10.1. The zero-order valence-corrected chi connectivity index (χ0v) is 11.3. The Labute approximate surface area is 110 Å². The van der Waals surface area contributed by atoms with Crippen molar-refractivity contribution >= 4 is 5.69 Å². The van der Waals surface area contributed by atoms with E-state index in [1.165, 1.54) is 75.0 Å². The lowest BCUT2D eigenvalue weighted by Crippen LogP contribution is -2.26. The second-order valence-electron chi connectivity index (χ2n) is 5.67. The van der Waals surface area contributed by atoms with Gasteiger partial charge in [-0.3, -0.25) is 0 Å². The van der Waals surface area contributed by atoms with Gasteiger partial charge in [0.25, 0.3) is 0 Å². The summed E-state index contributed by atoms with van der Waals surface area (Å²) in [7, 11) is 0. The first-order valence-corrected chi connectivity index (χ1v) is 7.50. The molecule has 1 N–H and O–H groups in total. The van der Waals surface area contributed by atoms with Gasteiger partial charge in [-0.05, 0) is 56.0 Å². The number of fused-ring (bicyclic) bond motifs is 1. The summed E-state index contributed by atoms with van der Waals surface area (Å²) in [6.07, 6.45) is 8.07. The van der Waals surface area contributed by atoms with Crippen molar-refractivity contribution in [2.45, 2.75) is 38.5 Å². The van der Waals surface area contributed by atoms with E-state index in [1.807, 2.05) is 0 Å². The van der Waals surface area contributed by atoms with Crippen molar-refractivity contribution in [2.75, 3.05) is 31.5 Å². The molecule has 1 fully saturated rings. The predicted octanol–water partition coefficient (Wildman–Crippen LogP) is 3.07. The zero-order chi connectivity index (χ0) is 12.2. The monoisotopic (exact) mass is 244 g/mol. The van der Waals surface area contributed by atoms with Crippen molar-refractivity contribution in [2.24, 2.45) is 0 Å². The second-order valence-corrected chi connectivity index (χ2v) is 5.67. The van der Waals surface area contributed by atoms with Gasteiger partial charge in [-0.25, -0.2) is 0 Å². The first-order chi connectivity index (χ1) is 8.92. The molecule has 0 spiro atoms. The Morgan fingerprint density at radius 3 is 2.72 bits per heavy atom.